The number of carbonyl (C=O) groups excluding carboxylic acids is 1. The molecule has 2 rings (SSSR count). The van der Waals surface area contributed by atoms with Gasteiger partial charge in [-0.05, 0) is 36.2 Å². The maximum Gasteiger partial charge on any atom is 0.251 e. The molecule has 3 heteroatoms. The van der Waals surface area contributed by atoms with E-state index in [0.29, 0.717) is 12.1 Å². The molecule has 2 aromatic rings. The number of rotatable bonds is 5. The Kier molecular flexibility index (Phi) is 4.88. The minimum Gasteiger partial charge on any atom is -0.351 e. The molecular formula is C17H18FNO. The molecule has 2 nitrogen and oxygen atoms in total. The summed E-state index contributed by atoms with van der Waals surface area (Å²) in [6, 6.07) is 15.6. The van der Waals surface area contributed by atoms with Gasteiger partial charge in [-0.2, -0.15) is 0 Å². The average molecular weight is 271 g/mol. The number of carbonyl (C=O) groups is 1. The highest BCUT2D eigenvalue weighted by atomic mass is 19.1. The molecule has 0 saturated heterocycles. The molecule has 0 saturated carbocycles. The van der Waals surface area contributed by atoms with Crippen molar-refractivity contribution in [2.45, 2.75) is 19.3 Å². The molecule has 0 bridgehead atoms. The Bertz CT molecular complexity index is 551. The number of benzene rings is 2. The zero-order valence-electron chi connectivity index (χ0n) is 11.5. The zero-order valence-corrected chi connectivity index (χ0v) is 11.5. The van der Waals surface area contributed by atoms with Crippen LogP contribution in [-0.2, 0) is 0 Å². The Hall–Kier alpha value is -2.16. The first-order valence-electron chi connectivity index (χ1n) is 6.79. The first-order valence-corrected chi connectivity index (χ1v) is 6.79. The van der Waals surface area contributed by atoms with Gasteiger partial charge in [0, 0.05) is 18.0 Å². The molecular weight excluding hydrogens is 253 g/mol. The molecule has 1 atom stereocenters. The third kappa shape index (κ3) is 3.67. The van der Waals surface area contributed by atoms with E-state index in [0.717, 1.165) is 12.0 Å². The third-order valence-corrected chi connectivity index (χ3v) is 3.38. The molecule has 0 unspecified atom stereocenters. The van der Waals surface area contributed by atoms with E-state index in [-0.39, 0.29) is 17.6 Å². The zero-order chi connectivity index (χ0) is 14.4. The van der Waals surface area contributed by atoms with Crippen molar-refractivity contribution in [3.63, 3.8) is 0 Å². The van der Waals surface area contributed by atoms with E-state index in [9.17, 15) is 9.18 Å². The van der Waals surface area contributed by atoms with Crippen molar-refractivity contribution < 1.29 is 9.18 Å². The van der Waals surface area contributed by atoms with E-state index in [1.54, 1.807) is 24.3 Å². The van der Waals surface area contributed by atoms with E-state index in [1.807, 2.05) is 18.2 Å². The van der Waals surface area contributed by atoms with Gasteiger partial charge in [-0.1, -0.05) is 37.3 Å². The number of halogens is 1. The van der Waals surface area contributed by atoms with Gasteiger partial charge >= 0.3 is 0 Å². The maximum atomic E-state index is 12.9. The van der Waals surface area contributed by atoms with Crippen LogP contribution < -0.4 is 5.32 Å². The monoisotopic (exact) mass is 271 g/mol. The molecule has 0 heterocycles. The van der Waals surface area contributed by atoms with Crippen LogP contribution in [0.4, 0.5) is 4.39 Å². The summed E-state index contributed by atoms with van der Waals surface area (Å²) in [5.74, 6) is -0.119. The molecule has 104 valence electrons. The lowest BCUT2D eigenvalue weighted by Crippen LogP contribution is -2.28. The summed E-state index contributed by atoms with van der Waals surface area (Å²) < 4.78 is 12.9. The molecule has 1 N–H and O–H groups in total. The molecule has 0 aliphatic rings. The van der Waals surface area contributed by atoms with E-state index < -0.39 is 0 Å². The number of nitrogens with one attached hydrogen (secondary N) is 1. The Morgan fingerprint density at radius 1 is 1.10 bits per heavy atom. The molecule has 0 aliphatic heterocycles. The van der Waals surface area contributed by atoms with Crippen LogP contribution in [0.15, 0.2) is 54.6 Å². The van der Waals surface area contributed by atoms with Gasteiger partial charge in [-0.25, -0.2) is 4.39 Å². The lowest BCUT2D eigenvalue weighted by Gasteiger charge is -2.16. The average Bonchev–Trinajstić information content (AvgIpc) is 2.50. The van der Waals surface area contributed by atoms with E-state index >= 15 is 0 Å². The van der Waals surface area contributed by atoms with Crippen molar-refractivity contribution in [2.75, 3.05) is 6.54 Å². The minimum atomic E-state index is -0.239. The Balaban J connectivity index is 1.97. The fourth-order valence-corrected chi connectivity index (χ4v) is 2.14. The van der Waals surface area contributed by atoms with Gasteiger partial charge in [0.15, 0.2) is 0 Å². The van der Waals surface area contributed by atoms with Crippen molar-refractivity contribution in [3.05, 3.63) is 71.5 Å². The summed E-state index contributed by atoms with van der Waals surface area (Å²) in [6.45, 7) is 2.61. The highest BCUT2D eigenvalue weighted by Crippen LogP contribution is 2.19. The van der Waals surface area contributed by atoms with Gasteiger partial charge < -0.3 is 5.32 Å². The lowest BCUT2D eigenvalue weighted by molar-refractivity contribution is 0.0951. The summed E-state index contributed by atoms with van der Waals surface area (Å²) in [5.41, 5.74) is 1.70. The van der Waals surface area contributed by atoms with Gasteiger partial charge in [0.25, 0.3) is 5.91 Å². The van der Waals surface area contributed by atoms with Gasteiger partial charge in [0.2, 0.25) is 0 Å². The predicted octanol–water partition coefficient (Wildman–Crippen LogP) is 3.75. The summed E-state index contributed by atoms with van der Waals surface area (Å²) in [5, 5.41) is 2.93. The van der Waals surface area contributed by atoms with E-state index in [1.165, 1.54) is 12.1 Å². The first kappa shape index (κ1) is 14.3. The third-order valence-electron chi connectivity index (χ3n) is 3.38. The van der Waals surface area contributed by atoms with Gasteiger partial charge in [-0.15, -0.1) is 0 Å². The Labute approximate surface area is 118 Å². The van der Waals surface area contributed by atoms with Crippen LogP contribution >= 0.6 is 0 Å². The van der Waals surface area contributed by atoms with Crippen LogP contribution in [0.1, 0.15) is 35.2 Å². The molecule has 0 aromatic heterocycles. The van der Waals surface area contributed by atoms with E-state index in [2.05, 4.69) is 12.2 Å². The van der Waals surface area contributed by atoms with Gasteiger partial charge in [0.1, 0.15) is 5.82 Å². The number of hydrogen-bond donors (Lipinski definition) is 1. The standard InChI is InChI=1S/C17H18FNO/c1-2-13(14-8-10-16(18)11-9-14)12-19-17(20)15-6-4-3-5-7-15/h3-11,13H,2,12H2,1H3,(H,19,20)/t13-/m1/s1. The number of hydrogen-bond acceptors (Lipinski definition) is 1. The van der Waals surface area contributed by atoms with Crippen LogP contribution in [0.3, 0.4) is 0 Å². The minimum absolute atomic E-state index is 0.0776. The van der Waals surface area contributed by atoms with Crippen LogP contribution in [0, 0.1) is 5.82 Å². The van der Waals surface area contributed by atoms with Gasteiger partial charge in [0.05, 0.1) is 0 Å². The Morgan fingerprint density at radius 3 is 2.35 bits per heavy atom. The summed E-state index contributed by atoms with van der Waals surface area (Å²) in [6.07, 6.45) is 0.890. The largest absolute Gasteiger partial charge is 0.351 e. The summed E-state index contributed by atoms with van der Waals surface area (Å²) >= 11 is 0. The molecule has 0 aliphatic carbocycles. The topological polar surface area (TPSA) is 29.1 Å². The predicted molar refractivity (Wildman–Crippen MR) is 78.2 cm³/mol. The number of amides is 1. The fraction of sp³-hybridized carbons (Fsp3) is 0.235. The molecule has 2 aromatic carbocycles. The van der Waals surface area contributed by atoms with Crippen LogP contribution in [0.5, 0.6) is 0 Å². The first-order chi connectivity index (χ1) is 9.70. The maximum absolute atomic E-state index is 12.9. The highest BCUT2D eigenvalue weighted by molar-refractivity contribution is 5.94. The summed E-state index contributed by atoms with van der Waals surface area (Å²) in [7, 11) is 0. The molecule has 0 radical (unpaired) electrons. The fourth-order valence-electron chi connectivity index (χ4n) is 2.14. The van der Waals surface area contributed by atoms with Crippen molar-refractivity contribution in [1.29, 1.82) is 0 Å². The second-order valence-electron chi connectivity index (χ2n) is 4.73. The molecule has 0 spiro atoms. The van der Waals surface area contributed by atoms with Crippen LogP contribution in [-0.4, -0.2) is 12.5 Å². The molecule has 20 heavy (non-hydrogen) atoms. The summed E-state index contributed by atoms with van der Waals surface area (Å²) in [4.78, 5) is 12.0. The second kappa shape index (κ2) is 6.85. The van der Waals surface area contributed by atoms with Crippen molar-refractivity contribution in [2.24, 2.45) is 0 Å². The van der Waals surface area contributed by atoms with Crippen LogP contribution in [0.2, 0.25) is 0 Å². The van der Waals surface area contributed by atoms with Crippen LogP contribution in [0.25, 0.3) is 0 Å². The molecule has 0 fully saturated rings. The van der Waals surface area contributed by atoms with Crippen molar-refractivity contribution in [1.82, 2.24) is 5.32 Å². The SMILES string of the molecule is CC[C@H](CNC(=O)c1ccccc1)c1ccc(F)cc1. The van der Waals surface area contributed by atoms with E-state index in [4.69, 9.17) is 0 Å². The van der Waals surface area contributed by atoms with Crippen molar-refractivity contribution in [3.8, 4) is 0 Å². The smallest absolute Gasteiger partial charge is 0.251 e. The lowest BCUT2D eigenvalue weighted by atomic mass is 9.96. The normalized spacial score (nSPS) is 11.9. The second-order valence-corrected chi connectivity index (χ2v) is 4.73. The van der Waals surface area contributed by atoms with Crippen molar-refractivity contribution >= 4 is 5.91 Å². The van der Waals surface area contributed by atoms with Gasteiger partial charge in [-0.3, -0.25) is 4.79 Å². The Morgan fingerprint density at radius 2 is 1.75 bits per heavy atom. The quantitative estimate of drug-likeness (QED) is 0.881. The highest BCUT2D eigenvalue weighted by Gasteiger charge is 2.12. The molecule has 1 amide bonds.